The van der Waals surface area contributed by atoms with Crippen molar-refractivity contribution in [2.24, 2.45) is 4.36 Å². The molecule has 0 aliphatic carbocycles. The fourth-order valence-electron chi connectivity index (χ4n) is 1.01. The maximum absolute atomic E-state index is 11.8. The number of rotatable bonds is 1. The number of hydrogen-bond acceptors (Lipinski definition) is 3. The van der Waals surface area contributed by atoms with Gasteiger partial charge in [-0.1, -0.05) is 6.08 Å². The van der Waals surface area contributed by atoms with Gasteiger partial charge in [-0.15, -0.1) is 0 Å². The number of carbonyl (C=O) groups is 1. The Bertz CT molecular complexity index is 314. The molecule has 0 aromatic carbocycles. The maximum Gasteiger partial charge on any atom is 0.277 e. The third-order valence-corrected chi connectivity index (χ3v) is 3.78. The van der Waals surface area contributed by atoms with Gasteiger partial charge in [0, 0.05) is 6.08 Å². The zero-order valence-corrected chi connectivity index (χ0v) is 8.38. The Morgan fingerprint density at radius 3 is 2.62 bits per heavy atom. The molecule has 0 aromatic rings. The van der Waals surface area contributed by atoms with Crippen LogP contribution in [0, 0.1) is 0 Å². The van der Waals surface area contributed by atoms with E-state index >= 15 is 0 Å². The van der Waals surface area contributed by atoms with E-state index in [0.29, 0.717) is 24.7 Å². The maximum atomic E-state index is 11.8. The molecule has 0 radical (unpaired) electrons. The number of nitrogens with zero attached hydrogens (tertiary/aromatic N) is 1. The highest BCUT2D eigenvalue weighted by atomic mass is 32.2. The van der Waals surface area contributed by atoms with E-state index in [0.717, 1.165) is 0 Å². The number of carbonyl (C=O) groups excluding carboxylic acids is 1. The predicted molar refractivity (Wildman–Crippen MR) is 50.9 cm³/mol. The quantitative estimate of drug-likeness (QED) is 0.586. The Balaban J connectivity index is 2.78. The monoisotopic (exact) mass is 203 g/mol. The Morgan fingerprint density at radius 1 is 1.46 bits per heavy atom. The van der Waals surface area contributed by atoms with Crippen molar-refractivity contribution in [3.8, 4) is 0 Å². The van der Waals surface area contributed by atoms with Crippen LogP contribution < -0.4 is 0 Å². The van der Waals surface area contributed by atoms with Crippen molar-refractivity contribution in [2.75, 3.05) is 24.7 Å². The SMILES string of the molecule is C/C=C/C(=O)N=S1(=O)CCOCC1. The molecule has 1 heterocycles. The van der Waals surface area contributed by atoms with Crippen molar-refractivity contribution in [1.29, 1.82) is 0 Å². The van der Waals surface area contributed by atoms with Gasteiger partial charge in [-0.25, -0.2) is 4.21 Å². The van der Waals surface area contributed by atoms with Crippen LogP contribution in [0.5, 0.6) is 0 Å². The van der Waals surface area contributed by atoms with Crippen molar-refractivity contribution in [3.05, 3.63) is 12.2 Å². The largest absolute Gasteiger partial charge is 0.379 e. The first-order valence-corrected chi connectivity index (χ1v) is 5.98. The molecule has 1 amide bonds. The molecule has 1 rings (SSSR count). The second-order valence-electron chi connectivity index (χ2n) is 2.72. The number of allylic oxidation sites excluding steroid dienone is 1. The summed E-state index contributed by atoms with van der Waals surface area (Å²) in [5.41, 5.74) is 0. The standard InChI is InChI=1S/C8H13NO3S/c1-2-3-8(10)9-13(11)6-4-12-5-7-13/h2-3H,4-7H2,1H3/b3-2+. The summed E-state index contributed by atoms with van der Waals surface area (Å²) in [5, 5.41) is 0. The lowest BCUT2D eigenvalue weighted by molar-refractivity contribution is -0.113. The van der Waals surface area contributed by atoms with E-state index in [1.807, 2.05) is 0 Å². The highest BCUT2D eigenvalue weighted by Gasteiger charge is 2.15. The van der Waals surface area contributed by atoms with Gasteiger partial charge in [0.25, 0.3) is 5.91 Å². The van der Waals surface area contributed by atoms with Gasteiger partial charge < -0.3 is 4.74 Å². The van der Waals surface area contributed by atoms with Gasteiger partial charge in [-0.2, -0.15) is 4.36 Å². The molecule has 5 heteroatoms. The van der Waals surface area contributed by atoms with Gasteiger partial charge in [0.15, 0.2) is 0 Å². The van der Waals surface area contributed by atoms with Crippen molar-refractivity contribution in [2.45, 2.75) is 6.92 Å². The van der Waals surface area contributed by atoms with Crippen LogP contribution in [0.1, 0.15) is 6.92 Å². The minimum Gasteiger partial charge on any atom is -0.379 e. The first-order chi connectivity index (χ1) is 6.16. The van der Waals surface area contributed by atoms with E-state index in [4.69, 9.17) is 4.74 Å². The summed E-state index contributed by atoms with van der Waals surface area (Å²) >= 11 is 0. The van der Waals surface area contributed by atoms with Crippen molar-refractivity contribution in [1.82, 2.24) is 0 Å². The smallest absolute Gasteiger partial charge is 0.277 e. The third-order valence-electron chi connectivity index (χ3n) is 1.66. The van der Waals surface area contributed by atoms with Crippen molar-refractivity contribution < 1.29 is 13.7 Å². The lowest BCUT2D eigenvalue weighted by Crippen LogP contribution is -2.26. The molecule has 0 bridgehead atoms. The fourth-order valence-corrected chi connectivity index (χ4v) is 2.54. The van der Waals surface area contributed by atoms with Gasteiger partial charge >= 0.3 is 0 Å². The molecule has 13 heavy (non-hydrogen) atoms. The molecule has 74 valence electrons. The Kier molecular flexibility index (Phi) is 3.62. The molecule has 0 N–H and O–H groups in total. The molecule has 0 spiro atoms. The summed E-state index contributed by atoms with van der Waals surface area (Å²) < 4.78 is 20.5. The number of hydrogen-bond donors (Lipinski definition) is 0. The Morgan fingerprint density at radius 2 is 2.08 bits per heavy atom. The van der Waals surface area contributed by atoms with E-state index in [1.165, 1.54) is 6.08 Å². The molecule has 0 atom stereocenters. The molecule has 0 aromatic heterocycles. The van der Waals surface area contributed by atoms with Crippen LogP contribution >= 0.6 is 0 Å². The van der Waals surface area contributed by atoms with Gasteiger partial charge in [-0.3, -0.25) is 4.79 Å². The molecule has 1 saturated heterocycles. The lowest BCUT2D eigenvalue weighted by atomic mass is 10.5. The van der Waals surface area contributed by atoms with Gasteiger partial charge in [-0.05, 0) is 6.92 Å². The predicted octanol–water partition coefficient (Wildman–Crippen LogP) is 0.587. The van der Waals surface area contributed by atoms with Crippen LogP contribution in [-0.4, -0.2) is 34.8 Å². The topological polar surface area (TPSA) is 55.7 Å². The highest BCUT2D eigenvalue weighted by molar-refractivity contribution is 7.94. The number of amides is 1. The summed E-state index contributed by atoms with van der Waals surface area (Å²) in [7, 11) is -2.31. The summed E-state index contributed by atoms with van der Waals surface area (Å²) in [6.45, 7) is 2.60. The lowest BCUT2D eigenvalue weighted by Gasteiger charge is -2.14. The summed E-state index contributed by atoms with van der Waals surface area (Å²) in [6.07, 6.45) is 2.91. The van der Waals surface area contributed by atoms with Crippen molar-refractivity contribution >= 4 is 15.6 Å². The van der Waals surface area contributed by atoms with E-state index in [1.54, 1.807) is 13.0 Å². The van der Waals surface area contributed by atoms with Crippen LogP contribution in [0.15, 0.2) is 16.5 Å². The van der Waals surface area contributed by atoms with Crippen molar-refractivity contribution in [3.63, 3.8) is 0 Å². The average molecular weight is 203 g/mol. The molecule has 1 aliphatic rings. The molecule has 0 saturated carbocycles. The molecule has 4 nitrogen and oxygen atoms in total. The Labute approximate surface area is 78.2 Å². The summed E-state index contributed by atoms with van der Waals surface area (Å²) in [5.74, 6) is 0.335. The third kappa shape index (κ3) is 3.28. The molecular formula is C8H13NO3S. The van der Waals surface area contributed by atoms with E-state index in [2.05, 4.69) is 4.36 Å². The number of ether oxygens (including phenoxy) is 1. The first-order valence-electron chi connectivity index (χ1n) is 4.13. The van der Waals surface area contributed by atoms with Gasteiger partial charge in [0.1, 0.15) is 0 Å². The molecule has 1 fully saturated rings. The minimum atomic E-state index is -2.31. The van der Waals surface area contributed by atoms with Crippen LogP contribution in [0.3, 0.4) is 0 Å². The van der Waals surface area contributed by atoms with Crippen LogP contribution in [0.2, 0.25) is 0 Å². The van der Waals surface area contributed by atoms with Crippen LogP contribution in [0.4, 0.5) is 0 Å². The second kappa shape index (κ2) is 4.53. The van der Waals surface area contributed by atoms with Crippen LogP contribution in [-0.2, 0) is 19.3 Å². The molecule has 1 aliphatic heterocycles. The van der Waals surface area contributed by atoms with Gasteiger partial charge in [0.2, 0.25) is 0 Å². The van der Waals surface area contributed by atoms with E-state index in [-0.39, 0.29) is 0 Å². The summed E-state index contributed by atoms with van der Waals surface area (Å²) in [6, 6.07) is 0. The summed E-state index contributed by atoms with van der Waals surface area (Å²) in [4.78, 5) is 11.0. The first kappa shape index (κ1) is 10.4. The zero-order chi connectivity index (χ0) is 9.73. The second-order valence-corrected chi connectivity index (χ2v) is 5.27. The molecule has 0 unspecified atom stereocenters. The Hall–Kier alpha value is -0.680. The fraction of sp³-hybridized carbons (Fsp3) is 0.625. The normalized spacial score (nSPS) is 21.6. The van der Waals surface area contributed by atoms with Crippen LogP contribution in [0.25, 0.3) is 0 Å². The highest BCUT2D eigenvalue weighted by Crippen LogP contribution is 2.04. The minimum absolute atomic E-state index is 0.371. The average Bonchev–Trinajstić information content (AvgIpc) is 2.04. The van der Waals surface area contributed by atoms with Gasteiger partial charge in [0.05, 0.1) is 34.4 Å². The van der Waals surface area contributed by atoms with E-state index in [9.17, 15) is 9.00 Å². The molecular weight excluding hydrogens is 190 g/mol. The zero-order valence-electron chi connectivity index (χ0n) is 7.56. The van der Waals surface area contributed by atoms with E-state index < -0.39 is 15.6 Å².